The molecule has 3 rings (SSSR count). The Morgan fingerprint density at radius 1 is 1.42 bits per heavy atom. The van der Waals surface area contributed by atoms with Crippen LogP contribution in [0.4, 0.5) is 5.69 Å². The smallest absolute Gasteiger partial charge is 0.266 e. The molecule has 2 aromatic rings. The summed E-state index contributed by atoms with van der Waals surface area (Å²) in [6, 6.07) is 1.91. The normalized spacial score (nSPS) is 15.5. The highest BCUT2D eigenvalue weighted by atomic mass is 32.1. The predicted octanol–water partition coefficient (Wildman–Crippen LogP) is 1.68. The van der Waals surface area contributed by atoms with Gasteiger partial charge in [0.25, 0.3) is 5.91 Å². The van der Waals surface area contributed by atoms with Gasteiger partial charge in [0.05, 0.1) is 43.1 Å². The first-order chi connectivity index (χ1) is 11.8. The number of thiophene rings is 1. The third kappa shape index (κ3) is 4.41. The number of carbonyl (C=O) groups excluding carboxylic acids is 1. The highest BCUT2D eigenvalue weighted by Gasteiger charge is 2.14. The van der Waals surface area contributed by atoms with Crippen molar-refractivity contribution in [3.8, 4) is 0 Å². The van der Waals surface area contributed by atoms with Gasteiger partial charge in [0.1, 0.15) is 0 Å². The number of methoxy groups -OCH3 is 1. The van der Waals surface area contributed by atoms with Crippen molar-refractivity contribution < 1.29 is 14.3 Å². The average molecular weight is 350 g/mol. The van der Waals surface area contributed by atoms with Gasteiger partial charge in [-0.05, 0) is 11.4 Å². The number of nitrogens with one attached hydrogen (secondary N) is 1. The highest BCUT2D eigenvalue weighted by molar-refractivity contribution is 7.12. The van der Waals surface area contributed by atoms with Crippen molar-refractivity contribution in [2.24, 2.45) is 0 Å². The van der Waals surface area contributed by atoms with E-state index in [9.17, 15) is 4.79 Å². The molecule has 0 spiro atoms. The van der Waals surface area contributed by atoms with E-state index in [2.05, 4.69) is 15.3 Å². The second kappa shape index (κ2) is 8.39. The fourth-order valence-corrected chi connectivity index (χ4v) is 3.42. The molecular weight excluding hydrogens is 328 g/mol. The fraction of sp³-hybridized carbons (Fsp3) is 0.500. The van der Waals surface area contributed by atoms with Crippen molar-refractivity contribution in [2.45, 2.75) is 13.2 Å². The molecule has 2 aromatic heterocycles. The molecule has 1 N–H and O–H groups in total. The summed E-state index contributed by atoms with van der Waals surface area (Å²) in [6.45, 7) is 5.68. The molecular formula is C16H22N4O3S. The van der Waals surface area contributed by atoms with Gasteiger partial charge in [-0.2, -0.15) is 5.10 Å². The van der Waals surface area contributed by atoms with Gasteiger partial charge in [0.15, 0.2) is 0 Å². The Balaban J connectivity index is 1.53. The fourth-order valence-electron chi connectivity index (χ4n) is 2.61. The molecule has 130 valence electrons. The maximum atomic E-state index is 12.4. The van der Waals surface area contributed by atoms with Crippen LogP contribution in [0.2, 0.25) is 0 Å². The van der Waals surface area contributed by atoms with Gasteiger partial charge in [-0.3, -0.25) is 14.4 Å². The van der Waals surface area contributed by atoms with E-state index < -0.39 is 0 Å². The van der Waals surface area contributed by atoms with Crippen molar-refractivity contribution in [3.05, 3.63) is 34.3 Å². The number of hydrogen-bond acceptors (Lipinski definition) is 6. The molecule has 8 heteroatoms. The van der Waals surface area contributed by atoms with Crippen molar-refractivity contribution >= 4 is 22.9 Å². The third-order valence-electron chi connectivity index (χ3n) is 3.89. The van der Waals surface area contributed by atoms with E-state index >= 15 is 0 Å². The number of hydrogen-bond donors (Lipinski definition) is 1. The van der Waals surface area contributed by atoms with Crippen LogP contribution in [-0.4, -0.2) is 60.5 Å². The van der Waals surface area contributed by atoms with E-state index in [-0.39, 0.29) is 5.91 Å². The van der Waals surface area contributed by atoms with Crippen LogP contribution in [0.5, 0.6) is 0 Å². The summed E-state index contributed by atoms with van der Waals surface area (Å²) in [4.78, 5) is 15.4. The highest BCUT2D eigenvalue weighted by Crippen LogP contribution is 2.19. The second-order valence-corrected chi connectivity index (χ2v) is 6.52. The van der Waals surface area contributed by atoms with Gasteiger partial charge in [-0.1, -0.05) is 0 Å². The molecule has 0 radical (unpaired) electrons. The topological polar surface area (TPSA) is 68.6 Å². The van der Waals surface area contributed by atoms with E-state index in [1.165, 1.54) is 11.3 Å². The van der Waals surface area contributed by atoms with Crippen LogP contribution in [0.15, 0.2) is 23.8 Å². The van der Waals surface area contributed by atoms with Gasteiger partial charge >= 0.3 is 0 Å². The number of amides is 1. The van der Waals surface area contributed by atoms with Crippen LogP contribution in [0.1, 0.15) is 15.2 Å². The summed E-state index contributed by atoms with van der Waals surface area (Å²) in [5.41, 5.74) is 1.61. The minimum atomic E-state index is -0.121. The summed E-state index contributed by atoms with van der Waals surface area (Å²) >= 11 is 1.41. The second-order valence-electron chi connectivity index (χ2n) is 5.61. The van der Waals surface area contributed by atoms with Gasteiger partial charge in [0.2, 0.25) is 0 Å². The molecule has 1 aliphatic heterocycles. The van der Waals surface area contributed by atoms with E-state index in [4.69, 9.17) is 9.47 Å². The van der Waals surface area contributed by atoms with Crippen LogP contribution in [-0.2, 0) is 22.6 Å². The Labute approximate surface area is 145 Å². The molecule has 3 heterocycles. The zero-order valence-electron chi connectivity index (χ0n) is 13.7. The number of carbonyl (C=O) groups is 1. The number of nitrogens with zero attached hydrogens (tertiary/aromatic N) is 3. The Hall–Kier alpha value is -1.74. The summed E-state index contributed by atoms with van der Waals surface area (Å²) in [5, 5.41) is 9.11. The van der Waals surface area contributed by atoms with Crippen LogP contribution < -0.4 is 5.32 Å². The van der Waals surface area contributed by atoms with Crippen LogP contribution >= 0.6 is 11.3 Å². The summed E-state index contributed by atoms with van der Waals surface area (Å²) < 4.78 is 12.3. The minimum Gasteiger partial charge on any atom is -0.380 e. The van der Waals surface area contributed by atoms with E-state index in [1.807, 2.05) is 22.3 Å². The summed E-state index contributed by atoms with van der Waals surface area (Å²) in [5.74, 6) is -0.121. The molecule has 1 aliphatic rings. The third-order valence-corrected chi connectivity index (χ3v) is 4.85. The quantitative estimate of drug-likeness (QED) is 0.823. The summed E-state index contributed by atoms with van der Waals surface area (Å²) in [7, 11) is 1.62. The Morgan fingerprint density at radius 3 is 3.04 bits per heavy atom. The van der Waals surface area contributed by atoms with Crippen LogP contribution in [0.25, 0.3) is 0 Å². The first-order valence-corrected chi connectivity index (χ1v) is 8.83. The molecule has 0 bridgehead atoms. The number of morpholine rings is 1. The Morgan fingerprint density at radius 2 is 2.25 bits per heavy atom. The first-order valence-electron chi connectivity index (χ1n) is 7.95. The molecule has 0 saturated carbocycles. The van der Waals surface area contributed by atoms with E-state index in [0.29, 0.717) is 17.2 Å². The maximum Gasteiger partial charge on any atom is 0.266 e. The molecule has 0 aromatic carbocycles. The van der Waals surface area contributed by atoms with Gasteiger partial charge in [-0.15, -0.1) is 11.3 Å². The number of aromatic nitrogens is 2. The molecule has 7 nitrogen and oxygen atoms in total. The largest absolute Gasteiger partial charge is 0.380 e. The summed E-state index contributed by atoms with van der Waals surface area (Å²) in [6.07, 6.45) is 3.54. The van der Waals surface area contributed by atoms with Gasteiger partial charge in [0, 0.05) is 38.5 Å². The molecule has 0 aliphatic carbocycles. The lowest BCUT2D eigenvalue weighted by Gasteiger charge is -2.26. The van der Waals surface area contributed by atoms with Crippen molar-refractivity contribution in [2.75, 3.05) is 45.3 Å². The van der Waals surface area contributed by atoms with Crippen LogP contribution in [0.3, 0.4) is 0 Å². The SMILES string of the molecule is COCc1ccsc1C(=O)Nc1cnn(CCN2CCOCC2)c1. The zero-order chi connectivity index (χ0) is 16.8. The zero-order valence-corrected chi connectivity index (χ0v) is 14.6. The standard InChI is InChI=1S/C16H22N4O3S/c1-22-12-13-2-9-24-15(13)16(21)18-14-10-17-20(11-14)4-3-19-5-7-23-8-6-19/h2,9-11H,3-8,12H2,1H3,(H,18,21). The molecule has 0 unspecified atom stereocenters. The number of ether oxygens (including phenoxy) is 2. The van der Waals surface area contributed by atoms with Crippen molar-refractivity contribution in [1.82, 2.24) is 14.7 Å². The number of anilines is 1. The maximum absolute atomic E-state index is 12.4. The molecule has 1 amide bonds. The lowest BCUT2D eigenvalue weighted by molar-refractivity contribution is 0.0360. The van der Waals surface area contributed by atoms with E-state index in [0.717, 1.165) is 45.0 Å². The Bertz CT molecular complexity index is 664. The molecule has 24 heavy (non-hydrogen) atoms. The lowest BCUT2D eigenvalue weighted by Crippen LogP contribution is -2.38. The van der Waals surface area contributed by atoms with Crippen LogP contribution in [0, 0.1) is 0 Å². The van der Waals surface area contributed by atoms with Gasteiger partial charge in [-0.25, -0.2) is 0 Å². The monoisotopic (exact) mass is 350 g/mol. The predicted molar refractivity (Wildman–Crippen MR) is 92.5 cm³/mol. The van der Waals surface area contributed by atoms with Crippen molar-refractivity contribution in [3.63, 3.8) is 0 Å². The minimum absolute atomic E-state index is 0.121. The number of rotatable bonds is 7. The average Bonchev–Trinajstić information content (AvgIpc) is 3.24. The first kappa shape index (κ1) is 17.1. The molecule has 0 atom stereocenters. The Kier molecular flexibility index (Phi) is 5.97. The molecule has 1 saturated heterocycles. The van der Waals surface area contributed by atoms with Crippen molar-refractivity contribution in [1.29, 1.82) is 0 Å². The molecule has 1 fully saturated rings. The van der Waals surface area contributed by atoms with Gasteiger partial charge < -0.3 is 14.8 Å². The van der Waals surface area contributed by atoms with E-state index in [1.54, 1.807) is 13.3 Å². The lowest BCUT2D eigenvalue weighted by atomic mass is 10.2.